The number of para-hydroxylation sites is 1. The Morgan fingerprint density at radius 3 is 1.91 bits per heavy atom. The number of unbranched alkanes of at least 4 members (excludes halogenated alkanes) is 9. The minimum absolute atomic E-state index is 0.314. The van der Waals surface area contributed by atoms with Crippen molar-refractivity contribution >= 4 is 10.1 Å². The van der Waals surface area contributed by atoms with E-state index in [-0.39, 0.29) is 5.75 Å². The first kappa shape index (κ1) is 20.0. The maximum atomic E-state index is 11.1. The highest BCUT2D eigenvalue weighted by atomic mass is 32.2. The van der Waals surface area contributed by atoms with Crippen molar-refractivity contribution in [3.05, 3.63) is 23.8 Å². The van der Waals surface area contributed by atoms with Crippen LogP contribution in [0.5, 0.6) is 5.75 Å². The van der Waals surface area contributed by atoms with E-state index < -0.39 is 15.0 Å². The van der Waals surface area contributed by atoms with E-state index in [9.17, 15) is 13.5 Å². The smallest absolute Gasteiger partial charge is 0.298 e. The molecule has 5 heteroatoms. The van der Waals surface area contributed by atoms with Crippen LogP contribution in [0.25, 0.3) is 0 Å². The number of phenolic OH excluding ortho intramolecular Hbond substituents is 1. The van der Waals surface area contributed by atoms with Gasteiger partial charge in [0.05, 0.1) is 0 Å². The number of benzene rings is 1. The van der Waals surface area contributed by atoms with Crippen molar-refractivity contribution in [3.63, 3.8) is 0 Å². The molecule has 23 heavy (non-hydrogen) atoms. The summed E-state index contributed by atoms with van der Waals surface area (Å²) in [6.07, 6.45) is 12.9. The normalized spacial score (nSPS) is 11.7. The van der Waals surface area contributed by atoms with Crippen molar-refractivity contribution in [2.75, 3.05) is 0 Å². The monoisotopic (exact) mass is 342 g/mol. The Kier molecular flexibility index (Phi) is 9.26. The fraction of sp³-hybridized carbons (Fsp3) is 0.667. The predicted molar refractivity (Wildman–Crippen MR) is 93.5 cm³/mol. The first-order valence-corrected chi connectivity index (χ1v) is 10.2. The molecule has 0 atom stereocenters. The highest BCUT2D eigenvalue weighted by Gasteiger charge is 2.17. The van der Waals surface area contributed by atoms with Gasteiger partial charge in [0.2, 0.25) is 0 Å². The van der Waals surface area contributed by atoms with Crippen LogP contribution in [0.15, 0.2) is 23.1 Å². The summed E-state index contributed by atoms with van der Waals surface area (Å²) < 4.78 is 31.3. The van der Waals surface area contributed by atoms with Crippen LogP contribution >= 0.6 is 0 Å². The van der Waals surface area contributed by atoms with Crippen molar-refractivity contribution < 1.29 is 18.1 Å². The Morgan fingerprint density at radius 2 is 1.39 bits per heavy atom. The van der Waals surface area contributed by atoms with Crippen molar-refractivity contribution in [2.45, 2.75) is 82.4 Å². The summed E-state index contributed by atoms with van der Waals surface area (Å²) >= 11 is 0. The fourth-order valence-electron chi connectivity index (χ4n) is 2.78. The van der Waals surface area contributed by atoms with Crippen LogP contribution in [0.3, 0.4) is 0 Å². The highest BCUT2D eigenvalue weighted by molar-refractivity contribution is 7.86. The SMILES string of the molecule is CCCCCCCCCCCCc1cccc(S(=O)(=O)O)c1O. The van der Waals surface area contributed by atoms with Gasteiger partial charge in [0.25, 0.3) is 10.1 Å². The molecule has 0 bridgehead atoms. The molecule has 0 saturated carbocycles. The van der Waals surface area contributed by atoms with Crippen molar-refractivity contribution in [1.82, 2.24) is 0 Å². The molecule has 4 nitrogen and oxygen atoms in total. The third kappa shape index (κ3) is 7.84. The van der Waals surface area contributed by atoms with Gasteiger partial charge in [-0.1, -0.05) is 76.8 Å². The lowest BCUT2D eigenvalue weighted by atomic mass is 10.0. The minimum atomic E-state index is -4.36. The zero-order valence-electron chi connectivity index (χ0n) is 14.1. The largest absolute Gasteiger partial charge is 0.506 e. The van der Waals surface area contributed by atoms with Crippen LogP contribution in [-0.4, -0.2) is 18.1 Å². The van der Waals surface area contributed by atoms with Crippen molar-refractivity contribution in [2.24, 2.45) is 0 Å². The molecule has 0 saturated heterocycles. The van der Waals surface area contributed by atoms with E-state index in [1.165, 1.54) is 57.4 Å². The van der Waals surface area contributed by atoms with Crippen LogP contribution in [0.1, 0.15) is 76.7 Å². The molecule has 132 valence electrons. The molecule has 2 N–H and O–H groups in total. The van der Waals surface area contributed by atoms with E-state index in [2.05, 4.69) is 6.92 Å². The summed E-state index contributed by atoms with van der Waals surface area (Å²) in [5.41, 5.74) is 0.583. The average Bonchev–Trinajstić information content (AvgIpc) is 2.49. The molecule has 0 unspecified atom stereocenters. The van der Waals surface area contributed by atoms with E-state index in [1.54, 1.807) is 12.1 Å². The van der Waals surface area contributed by atoms with Crippen LogP contribution in [0, 0.1) is 0 Å². The van der Waals surface area contributed by atoms with E-state index in [0.29, 0.717) is 12.0 Å². The van der Waals surface area contributed by atoms with Crippen LogP contribution in [0.4, 0.5) is 0 Å². The number of aryl methyl sites for hydroxylation is 1. The summed E-state index contributed by atoms with van der Waals surface area (Å²) in [6, 6.07) is 4.47. The zero-order valence-corrected chi connectivity index (χ0v) is 14.9. The maximum absolute atomic E-state index is 11.1. The molecular formula is C18H30O4S. The second-order valence-electron chi connectivity index (χ2n) is 6.17. The zero-order chi connectivity index (χ0) is 17.1. The van der Waals surface area contributed by atoms with E-state index in [4.69, 9.17) is 4.55 Å². The van der Waals surface area contributed by atoms with E-state index in [0.717, 1.165) is 12.8 Å². The molecule has 0 aromatic heterocycles. The van der Waals surface area contributed by atoms with Gasteiger partial charge in [-0.05, 0) is 24.5 Å². The average molecular weight is 343 g/mol. The number of hydrogen-bond donors (Lipinski definition) is 2. The topological polar surface area (TPSA) is 74.6 Å². The molecule has 0 fully saturated rings. The summed E-state index contributed by atoms with van der Waals surface area (Å²) in [7, 11) is -4.36. The Bertz CT molecular complexity index is 552. The van der Waals surface area contributed by atoms with E-state index >= 15 is 0 Å². The molecule has 1 rings (SSSR count). The Labute approximate surface area is 140 Å². The molecule has 1 aromatic rings. The van der Waals surface area contributed by atoms with Gasteiger partial charge in [0, 0.05) is 0 Å². The third-order valence-corrected chi connectivity index (χ3v) is 5.05. The Morgan fingerprint density at radius 1 is 0.870 bits per heavy atom. The number of aromatic hydroxyl groups is 1. The molecular weight excluding hydrogens is 312 g/mol. The fourth-order valence-corrected chi connectivity index (χ4v) is 3.41. The molecule has 0 aliphatic heterocycles. The third-order valence-electron chi connectivity index (χ3n) is 4.16. The lowest BCUT2D eigenvalue weighted by Crippen LogP contribution is -2.00. The Balaban J connectivity index is 2.22. The maximum Gasteiger partial charge on any atom is 0.298 e. The van der Waals surface area contributed by atoms with Gasteiger partial charge in [-0.15, -0.1) is 0 Å². The van der Waals surface area contributed by atoms with Gasteiger partial charge < -0.3 is 5.11 Å². The summed E-state index contributed by atoms with van der Waals surface area (Å²) in [5, 5.41) is 9.93. The lowest BCUT2D eigenvalue weighted by Gasteiger charge is -2.08. The quantitative estimate of drug-likeness (QED) is 0.409. The molecule has 0 aliphatic rings. The van der Waals surface area contributed by atoms with Crippen LogP contribution in [0.2, 0.25) is 0 Å². The predicted octanol–water partition coefficient (Wildman–Crippen LogP) is 5.10. The van der Waals surface area contributed by atoms with Crippen LogP contribution < -0.4 is 0 Å². The second-order valence-corrected chi connectivity index (χ2v) is 7.56. The van der Waals surface area contributed by atoms with Crippen molar-refractivity contribution in [3.8, 4) is 5.75 Å². The molecule has 0 spiro atoms. The van der Waals surface area contributed by atoms with Crippen molar-refractivity contribution in [1.29, 1.82) is 0 Å². The van der Waals surface area contributed by atoms with Gasteiger partial charge in [-0.3, -0.25) is 4.55 Å². The van der Waals surface area contributed by atoms with Gasteiger partial charge in [-0.2, -0.15) is 8.42 Å². The number of phenols is 1. The minimum Gasteiger partial charge on any atom is -0.506 e. The van der Waals surface area contributed by atoms with Gasteiger partial charge >= 0.3 is 0 Å². The highest BCUT2D eigenvalue weighted by Crippen LogP contribution is 2.27. The molecule has 0 amide bonds. The van der Waals surface area contributed by atoms with Gasteiger partial charge in [-0.25, -0.2) is 0 Å². The number of rotatable bonds is 12. The van der Waals surface area contributed by atoms with Gasteiger partial charge in [0.1, 0.15) is 10.6 Å². The standard InChI is InChI=1S/C18H30O4S/c1-2-3-4-5-6-7-8-9-10-11-13-16-14-12-15-17(18(16)19)23(20,21)22/h12,14-15,19H,2-11,13H2,1H3,(H,20,21,22). The lowest BCUT2D eigenvalue weighted by molar-refractivity contribution is 0.436. The van der Waals surface area contributed by atoms with Gasteiger partial charge in [0.15, 0.2) is 0 Å². The summed E-state index contributed by atoms with van der Waals surface area (Å²) in [5.74, 6) is -0.314. The molecule has 0 radical (unpaired) electrons. The van der Waals surface area contributed by atoms with E-state index in [1.807, 2.05) is 0 Å². The first-order chi connectivity index (χ1) is 11.0. The summed E-state index contributed by atoms with van der Waals surface area (Å²) in [6.45, 7) is 2.23. The first-order valence-electron chi connectivity index (χ1n) is 8.75. The summed E-state index contributed by atoms with van der Waals surface area (Å²) in [4.78, 5) is -0.401. The molecule has 1 aromatic carbocycles. The van der Waals surface area contributed by atoms with Crippen LogP contribution in [-0.2, 0) is 16.5 Å². The molecule has 0 heterocycles. The second kappa shape index (κ2) is 10.7. The molecule has 0 aliphatic carbocycles. The Hall–Kier alpha value is -1.07. The number of hydrogen-bond acceptors (Lipinski definition) is 3.